The smallest absolute Gasteiger partial charge is 0.450 e. The van der Waals surface area contributed by atoms with E-state index in [1.807, 2.05) is 10.8 Å². The van der Waals surface area contributed by atoms with Gasteiger partial charge in [0.25, 0.3) is 0 Å². The summed E-state index contributed by atoms with van der Waals surface area (Å²) < 4.78 is 2.01. The third-order valence-corrected chi connectivity index (χ3v) is 0.924. The van der Waals surface area contributed by atoms with Crippen LogP contribution < -0.4 is 0 Å². The summed E-state index contributed by atoms with van der Waals surface area (Å²) in [6.07, 6.45) is 3.70. The SMILES string of the molecule is CCn1ccnc1.O=C(O)O. The Labute approximate surface area is 63.9 Å². The van der Waals surface area contributed by atoms with E-state index in [2.05, 4.69) is 11.9 Å². The van der Waals surface area contributed by atoms with Crippen LogP contribution in [0.15, 0.2) is 18.7 Å². The maximum atomic E-state index is 8.56. The fraction of sp³-hybridized carbons (Fsp3) is 0.333. The molecule has 0 aromatic carbocycles. The number of aryl methyl sites for hydroxylation is 1. The Morgan fingerprint density at radius 2 is 2.18 bits per heavy atom. The molecule has 0 atom stereocenters. The van der Waals surface area contributed by atoms with Gasteiger partial charge in [-0.15, -0.1) is 0 Å². The van der Waals surface area contributed by atoms with Gasteiger partial charge in [0.05, 0.1) is 6.33 Å². The summed E-state index contributed by atoms with van der Waals surface area (Å²) in [6, 6.07) is 0. The number of carbonyl (C=O) groups is 1. The first-order valence-corrected chi connectivity index (χ1v) is 3.04. The van der Waals surface area contributed by atoms with Gasteiger partial charge < -0.3 is 14.8 Å². The average molecular weight is 158 g/mol. The van der Waals surface area contributed by atoms with Crippen molar-refractivity contribution < 1.29 is 15.0 Å². The molecule has 11 heavy (non-hydrogen) atoms. The first-order chi connectivity index (χ1) is 5.16. The van der Waals surface area contributed by atoms with Crippen molar-refractivity contribution in [2.45, 2.75) is 13.5 Å². The van der Waals surface area contributed by atoms with Gasteiger partial charge in [-0.1, -0.05) is 0 Å². The van der Waals surface area contributed by atoms with Crippen molar-refractivity contribution >= 4 is 6.16 Å². The van der Waals surface area contributed by atoms with Gasteiger partial charge in [0, 0.05) is 18.9 Å². The van der Waals surface area contributed by atoms with Gasteiger partial charge in [0.1, 0.15) is 0 Å². The highest BCUT2D eigenvalue weighted by Crippen LogP contribution is 1.81. The van der Waals surface area contributed by atoms with Gasteiger partial charge in [0.2, 0.25) is 0 Å². The number of hydrogen-bond donors (Lipinski definition) is 2. The van der Waals surface area contributed by atoms with Crippen molar-refractivity contribution in [3.63, 3.8) is 0 Å². The van der Waals surface area contributed by atoms with Crippen LogP contribution in [0.25, 0.3) is 0 Å². The molecule has 0 aliphatic rings. The van der Waals surface area contributed by atoms with E-state index in [1.165, 1.54) is 0 Å². The monoisotopic (exact) mass is 158 g/mol. The Balaban J connectivity index is 0.000000218. The third kappa shape index (κ3) is 6.36. The molecular weight excluding hydrogens is 148 g/mol. The van der Waals surface area contributed by atoms with E-state index < -0.39 is 6.16 Å². The highest BCUT2D eigenvalue weighted by Gasteiger charge is 1.77. The summed E-state index contributed by atoms with van der Waals surface area (Å²) in [7, 11) is 0. The highest BCUT2D eigenvalue weighted by molar-refractivity contribution is 5.53. The fourth-order valence-electron chi connectivity index (χ4n) is 0.474. The molecular formula is C6H10N2O3. The van der Waals surface area contributed by atoms with Crippen LogP contribution in [0.3, 0.4) is 0 Å². The Hall–Kier alpha value is -1.52. The van der Waals surface area contributed by atoms with E-state index in [4.69, 9.17) is 15.0 Å². The van der Waals surface area contributed by atoms with Gasteiger partial charge in [-0.3, -0.25) is 0 Å². The summed E-state index contributed by atoms with van der Waals surface area (Å²) in [4.78, 5) is 12.4. The van der Waals surface area contributed by atoms with Crippen molar-refractivity contribution in [2.75, 3.05) is 0 Å². The molecule has 0 amide bonds. The van der Waals surface area contributed by atoms with Crippen LogP contribution in [0.2, 0.25) is 0 Å². The van der Waals surface area contributed by atoms with Crippen molar-refractivity contribution in [1.29, 1.82) is 0 Å². The molecule has 0 radical (unpaired) electrons. The predicted molar refractivity (Wildman–Crippen MR) is 38.6 cm³/mol. The molecule has 5 heteroatoms. The molecule has 0 aliphatic carbocycles. The Bertz CT molecular complexity index is 192. The minimum Gasteiger partial charge on any atom is -0.450 e. The molecule has 1 aromatic heterocycles. The molecule has 0 unspecified atom stereocenters. The summed E-state index contributed by atoms with van der Waals surface area (Å²) >= 11 is 0. The summed E-state index contributed by atoms with van der Waals surface area (Å²) in [5.74, 6) is 0. The van der Waals surface area contributed by atoms with E-state index in [1.54, 1.807) is 12.5 Å². The Morgan fingerprint density at radius 1 is 1.64 bits per heavy atom. The summed E-state index contributed by atoms with van der Waals surface area (Å²) in [6.45, 7) is 3.10. The second-order valence-electron chi connectivity index (χ2n) is 1.68. The Morgan fingerprint density at radius 3 is 2.36 bits per heavy atom. The Kier molecular flexibility index (Phi) is 4.55. The van der Waals surface area contributed by atoms with Crippen LogP contribution in [0.1, 0.15) is 6.92 Å². The van der Waals surface area contributed by atoms with Crippen molar-refractivity contribution in [2.24, 2.45) is 0 Å². The summed E-state index contributed by atoms with van der Waals surface area (Å²) in [5, 5.41) is 13.9. The highest BCUT2D eigenvalue weighted by atomic mass is 16.6. The number of rotatable bonds is 1. The van der Waals surface area contributed by atoms with Gasteiger partial charge in [-0.25, -0.2) is 9.78 Å². The lowest BCUT2D eigenvalue weighted by Gasteiger charge is -1.87. The third-order valence-electron chi connectivity index (χ3n) is 0.924. The second-order valence-corrected chi connectivity index (χ2v) is 1.68. The molecule has 0 fully saturated rings. The molecule has 1 rings (SSSR count). The first-order valence-electron chi connectivity index (χ1n) is 3.04. The quantitative estimate of drug-likeness (QED) is 0.642. The van der Waals surface area contributed by atoms with Crippen molar-refractivity contribution in [1.82, 2.24) is 9.55 Å². The number of hydrogen-bond acceptors (Lipinski definition) is 2. The first kappa shape index (κ1) is 9.48. The van der Waals surface area contributed by atoms with Crippen LogP contribution >= 0.6 is 0 Å². The molecule has 1 aromatic rings. The zero-order valence-corrected chi connectivity index (χ0v) is 6.14. The minimum atomic E-state index is -1.83. The number of aromatic nitrogens is 2. The maximum absolute atomic E-state index is 8.56. The number of nitrogens with zero attached hydrogens (tertiary/aromatic N) is 2. The molecule has 0 saturated heterocycles. The van der Waals surface area contributed by atoms with Crippen LogP contribution in [0.4, 0.5) is 4.79 Å². The van der Waals surface area contributed by atoms with Crippen LogP contribution in [-0.4, -0.2) is 25.9 Å². The van der Waals surface area contributed by atoms with Crippen molar-refractivity contribution in [3.05, 3.63) is 18.7 Å². The lowest BCUT2D eigenvalue weighted by molar-refractivity contribution is 0.137. The molecule has 0 aliphatic heterocycles. The topological polar surface area (TPSA) is 75.4 Å². The zero-order chi connectivity index (χ0) is 8.69. The zero-order valence-electron chi connectivity index (χ0n) is 6.14. The van der Waals surface area contributed by atoms with Gasteiger partial charge in [-0.2, -0.15) is 0 Å². The van der Waals surface area contributed by atoms with Gasteiger partial charge >= 0.3 is 6.16 Å². The van der Waals surface area contributed by atoms with Crippen LogP contribution in [0, 0.1) is 0 Å². The maximum Gasteiger partial charge on any atom is 0.503 e. The van der Waals surface area contributed by atoms with E-state index in [-0.39, 0.29) is 0 Å². The second kappa shape index (κ2) is 5.28. The van der Waals surface area contributed by atoms with E-state index in [9.17, 15) is 0 Å². The van der Waals surface area contributed by atoms with Crippen LogP contribution in [-0.2, 0) is 6.54 Å². The number of carboxylic acid groups (broad SMARTS) is 2. The molecule has 1 heterocycles. The van der Waals surface area contributed by atoms with E-state index in [0.29, 0.717) is 0 Å². The molecule has 0 spiro atoms. The van der Waals surface area contributed by atoms with Crippen molar-refractivity contribution in [3.8, 4) is 0 Å². The standard InChI is InChI=1S/C5H8N2.CH2O3/c1-2-7-4-3-6-5-7;2-1(3)4/h3-5H,2H2,1H3;(H2,2,3,4). The minimum absolute atomic E-state index is 1.01. The predicted octanol–water partition coefficient (Wildman–Crippen LogP) is 1.13. The van der Waals surface area contributed by atoms with Gasteiger partial charge in [0.15, 0.2) is 0 Å². The lowest BCUT2D eigenvalue weighted by Crippen LogP contribution is -1.85. The normalized spacial score (nSPS) is 8.09. The summed E-state index contributed by atoms with van der Waals surface area (Å²) in [5.41, 5.74) is 0. The van der Waals surface area contributed by atoms with E-state index in [0.717, 1.165) is 6.54 Å². The molecule has 0 bridgehead atoms. The van der Waals surface area contributed by atoms with Gasteiger partial charge in [-0.05, 0) is 6.92 Å². The molecule has 62 valence electrons. The molecule has 5 nitrogen and oxygen atoms in total. The fourth-order valence-corrected chi connectivity index (χ4v) is 0.474. The van der Waals surface area contributed by atoms with Crippen LogP contribution in [0.5, 0.6) is 0 Å². The van der Waals surface area contributed by atoms with E-state index >= 15 is 0 Å². The average Bonchev–Trinajstić information content (AvgIpc) is 2.36. The largest absolute Gasteiger partial charge is 0.503 e. The molecule has 0 saturated carbocycles. The number of imidazole rings is 1. The lowest BCUT2D eigenvalue weighted by atomic mass is 10.7. The molecule has 2 N–H and O–H groups in total.